The average molecular weight is 367 g/mol. The lowest BCUT2D eigenvalue weighted by Crippen LogP contribution is -2.30. The Morgan fingerprint density at radius 1 is 1.12 bits per heavy atom. The van der Waals surface area contributed by atoms with Gasteiger partial charge in [-0.3, -0.25) is 0 Å². The van der Waals surface area contributed by atoms with Gasteiger partial charge < -0.3 is 10.2 Å². The summed E-state index contributed by atoms with van der Waals surface area (Å²) in [5.74, 6) is -0.0605. The van der Waals surface area contributed by atoms with E-state index in [0.717, 1.165) is 5.56 Å². The first-order valence-corrected chi connectivity index (χ1v) is 9.70. The number of carbonyl (C=O) groups excluding carboxylic acids is 1. The van der Waals surface area contributed by atoms with Gasteiger partial charge in [0.05, 0.1) is 5.75 Å². The molecule has 0 heterocycles. The Hall–Kier alpha value is -2.05. The zero-order valence-corrected chi connectivity index (χ0v) is 15.1. The summed E-state index contributed by atoms with van der Waals surface area (Å²) < 4.78 is 22.7. The number of amides is 2. The Kier molecular flexibility index (Phi) is 5.85. The number of rotatable bonds is 5. The van der Waals surface area contributed by atoms with E-state index in [0.29, 0.717) is 22.8 Å². The second kappa shape index (κ2) is 7.68. The van der Waals surface area contributed by atoms with Crippen molar-refractivity contribution in [2.75, 3.05) is 18.6 Å². The molecule has 0 saturated carbocycles. The minimum atomic E-state index is -3.12. The van der Waals surface area contributed by atoms with Gasteiger partial charge in [0.2, 0.25) is 0 Å². The lowest BCUT2D eigenvalue weighted by atomic mass is 10.2. The van der Waals surface area contributed by atoms with Crippen molar-refractivity contribution in [1.82, 2.24) is 4.90 Å². The fourth-order valence-corrected chi connectivity index (χ4v) is 3.24. The number of sulfone groups is 1. The molecular weight excluding hydrogens is 348 g/mol. The third-order valence-electron chi connectivity index (χ3n) is 3.26. The predicted octanol–water partition coefficient (Wildman–Crippen LogP) is 3.55. The maximum absolute atomic E-state index is 12.3. The van der Waals surface area contributed by atoms with Gasteiger partial charge in [0, 0.05) is 30.6 Å². The van der Waals surface area contributed by atoms with Gasteiger partial charge in [-0.15, -0.1) is 0 Å². The van der Waals surface area contributed by atoms with Crippen LogP contribution in [0.1, 0.15) is 11.1 Å². The molecule has 2 rings (SSSR count). The number of benzene rings is 2. The first kappa shape index (κ1) is 18.3. The van der Waals surface area contributed by atoms with Crippen molar-refractivity contribution in [2.24, 2.45) is 0 Å². The molecule has 0 aliphatic heterocycles. The van der Waals surface area contributed by atoms with E-state index in [4.69, 9.17) is 11.6 Å². The van der Waals surface area contributed by atoms with Crippen LogP contribution < -0.4 is 5.32 Å². The lowest BCUT2D eigenvalue weighted by molar-refractivity contribution is 0.220. The number of nitrogens with zero attached hydrogens (tertiary/aromatic N) is 1. The van der Waals surface area contributed by atoms with Crippen LogP contribution in [0.3, 0.4) is 0 Å². The van der Waals surface area contributed by atoms with Crippen molar-refractivity contribution in [1.29, 1.82) is 0 Å². The molecule has 0 bridgehead atoms. The van der Waals surface area contributed by atoms with Gasteiger partial charge in [0.25, 0.3) is 0 Å². The lowest BCUT2D eigenvalue weighted by Gasteiger charge is -2.18. The molecule has 0 radical (unpaired) electrons. The minimum absolute atomic E-state index is 0.0605. The van der Waals surface area contributed by atoms with Crippen LogP contribution >= 0.6 is 11.6 Å². The number of carbonyl (C=O) groups is 1. The fraction of sp³-hybridized carbons (Fsp3) is 0.235. The first-order chi connectivity index (χ1) is 11.2. The Morgan fingerprint density at radius 3 is 2.46 bits per heavy atom. The van der Waals surface area contributed by atoms with E-state index in [1.54, 1.807) is 43.4 Å². The van der Waals surface area contributed by atoms with E-state index in [-0.39, 0.29) is 11.8 Å². The Bertz CT molecular complexity index is 837. The summed E-state index contributed by atoms with van der Waals surface area (Å²) in [6, 6.07) is 13.8. The van der Waals surface area contributed by atoms with Crippen molar-refractivity contribution in [3.63, 3.8) is 0 Å². The molecule has 7 heteroatoms. The number of anilines is 1. The molecule has 0 fully saturated rings. The minimum Gasteiger partial charge on any atom is -0.323 e. The van der Waals surface area contributed by atoms with Crippen LogP contribution in [-0.2, 0) is 22.1 Å². The summed E-state index contributed by atoms with van der Waals surface area (Å²) in [6.45, 7) is 0.412. The van der Waals surface area contributed by atoms with Gasteiger partial charge in [-0.25, -0.2) is 13.2 Å². The highest BCUT2D eigenvalue weighted by Crippen LogP contribution is 2.15. The third-order valence-corrected chi connectivity index (χ3v) is 4.36. The molecule has 0 atom stereocenters. The van der Waals surface area contributed by atoms with Crippen LogP contribution in [0.5, 0.6) is 0 Å². The van der Waals surface area contributed by atoms with Crippen LogP contribution in [0.2, 0.25) is 5.02 Å². The van der Waals surface area contributed by atoms with Gasteiger partial charge in [-0.1, -0.05) is 35.9 Å². The van der Waals surface area contributed by atoms with Gasteiger partial charge in [-0.2, -0.15) is 0 Å². The zero-order chi connectivity index (χ0) is 17.7. The van der Waals surface area contributed by atoms with Crippen LogP contribution in [-0.4, -0.2) is 32.7 Å². The molecular formula is C17H19ClN2O3S. The first-order valence-electron chi connectivity index (χ1n) is 7.26. The van der Waals surface area contributed by atoms with Crippen LogP contribution in [0, 0.1) is 0 Å². The quantitative estimate of drug-likeness (QED) is 0.879. The molecule has 24 heavy (non-hydrogen) atoms. The number of hydrogen-bond donors (Lipinski definition) is 1. The van der Waals surface area contributed by atoms with E-state index < -0.39 is 9.84 Å². The number of halogens is 1. The molecule has 2 aromatic carbocycles. The summed E-state index contributed by atoms with van der Waals surface area (Å²) in [7, 11) is -1.44. The van der Waals surface area contributed by atoms with Crippen molar-refractivity contribution >= 4 is 33.2 Å². The molecule has 0 spiro atoms. The standard InChI is InChI=1S/C17H19ClN2O3S/c1-20(11-13-5-3-7-15(18)9-13)17(21)19-16-8-4-6-14(10-16)12-24(2,22)23/h3-10H,11-12H2,1-2H3,(H,19,21). The summed E-state index contributed by atoms with van der Waals surface area (Å²) in [6.07, 6.45) is 1.18. The van der Waals surface area contributed by atoms with Crippen LogP contribution in [0.15, 0.2) is 48.5 Å². The highest BCUT2D eigenvalue weighted by molar-refractivity contribution is 7.89. The van der Waals surface area contributed by atoms with Crippen molar-refractivity contribution < 1.29 is 13.2 Å². The van der Waals surface area contributed by atoms with Gasteiger partial charge in [0.15, 0.2) is 9.84 Å². The monoisotopic (exact) mass is 366 g/mol. The Balaban J connectivity index is 2.02. The van der Waals surface area contributed by atoms with Crippen LogP contribution in [0.4, 0.5) is 10.5 Å². The summed E-state index contributed by atoms with van der Waals surface area (Å²) in [5, 5.41) is 3.38. The molecule has 0 unspecified atom stereocenters. The molecule has 1 N–H and O–H groups in total. The normalized spacial score (nSPS) is 11.1. The molecule has 128 valence electrons. The van der Waals surface area contributed by atoms with E-state index in [9.17, 15) is 13.2 Å². The SMILES string of the molecule is CN(Cc1cccc(Cl)c1)C(=O)Nc1cccc(CS(C)(=O)=O)c1. The number of urea groups is 1. The second-order valence-electron chi connectivity index (χ2n) is 5.69. The topological polar surface area (TPSA) is 66.5 Å². The molecule has 5 nitrogen and oxygen atoms in total. The van der Waals surface area contributed by atoms with Crippen molar-refractivity contribution in [3.05, 3.63) is 64.7 Å². The zero-order valence-electron chi connectivity index (χ0n) is 13.5. The highest BCUT2D eigenvalue weighted by Gasteiger charge is 2.11. The second-order valence-corrected chi connectivity index (χ2v) is 8.26. The molecule has 0 aliphatic rings. The van der Waals surface area contributed by atoms with Crippen molar-refractivity contribution in [3.8, 4) is 0 Å². The molecule has 0 saturated heterocycles. The van der Waals surface area contributed by atoms with E-state index in [1.165, 1.54) is 11.2 Å². The third kappa shape index (κ3) is 5.86. The van der Waals surface area contributed by atoms with Gasteiger partial charge >= 0.3 is 6.03 Å². The van der Waals surface area contributed by atoms with E-state index in [2.05, 4.69) is 5.32 Å². The highest BCUT2D eigenvalue weighted by atomic mass is 35.5. The summed E-state index contributed by atoms with van der Waals surface area (Å²) in [4.78, 5) is 13.8. The largest absolute Gasteiger partial charge is 0.323 e. The molecule has 0 aromatic heterocycles. The Labute approximate surface area is 147 Å². The average Bonchev–Trinajstić information content (AvgIpc) is 2.45. The molecule has 0 aliphatic carbocycles. The van der Waals surface area contributed by atoms with E-state index >= 15 is 0 Å². The maximum Gasteiger partial charge on any atom is 0.321 e. The predicted molar refractivity (Wildman–Crippen MR) is 96.9 cm³/mol. The van der Waals surface area contributed by atoms with E-state index in [1.807, 2.05) is 12.1 Å². The summed E-state index contributed by atoms with van der Waals surface area (Å²) >= 11 is 5.94. The van der Waals surface area contributed by atoms with Gasteiger partial charge in [0.1, 0.15) is 0 Å². The Morgan fingerprint density at radius 2 is 1.79 bits per heavy atom. The smallest absolute Gasteiger partial charge is 0.321 e. The fourth-order valence-electron chi connectivity index (χ4n) is 2.24. The molecule has 2 amide bonds. The van der Waals surface area contributed by atoms with Crippen LogP contribution in [0.25, 0.3) is 0 Å². The van der Waals surface area contributed by atoms with Gasteiger partial charge in [-0.05, 0) is 35.4 Å². The van der Waals surface area contributed by atoms with Crippen molar-refractivity contribution in [2.45, 2.75) is 12.3 Å². The maximum atomic E-state index is 12.3. The summed E-state index contributed by atoms with van der Waals surface area (Å²) in [5.41, 5.74) is 2.11. The number of nitrogens with one attached hydrogen (secondary N) is 1. The number of hydrogen-bond acceptors (Lipinski definition) is 3. The molecule has 2 aromatic rings.